The molecular weight excluding hydrogens is 339 g/mol. The van der Waals surface area contributed by atoms with E-state index in [1.807, 2.05) is 13.8 Å². The first-order valence-electron chi connectivity index (χ1n) is 8.82. The van der Waals surface area contributed by atoms with Crippen LogP contribution in [0.2, 0.25) is 0 Å². The van der Waals surface area contributed by atoms with Gasteiger partial charge in [-0.1, -0.05) is 13.8 Å². The number of nitrogens with one attached hydrogen (secondary N) is 2. The van der Waals surface area contributed by atoms with E-state index < -0.39 is 11.9 Å². The molecule has 1 aliphatic heterocycles. The van der Waals surface area contributed by atoms with Crippen molar-refractivity contribution in [2.75, 3.05) is 43.5 Å². The molecule has 8 heteroatoms. The van der Waals surface area contributed by atoms with Crippen LogP contribution in [0, 0.1) is 11.7 Å². The molecule has 1 aromatic carbocycles. The highest BCUT2D eigenvalue weighted by atomic mass is 19.1. The quantitative estimate of drug-likeness (QED) is 0.678. The average molecular weight is 366 g/mol. The van der Waals surface area contributed by atoms with E-state index >= 15 is 0 Å². The normalized spacial score (nSPS) is 16.3. The van der Waals surface area contributed by atoms with Crippen molar-refractivity contribution < 1.29 is 18.7 Å². The number of morpholine rings is 1. The molecule has 0 radical (unpaired) electrons. The van der Waals surface area contributed by atoms with Crippen LogP contribution in [0.4, 0.5) is 15.8 Å². The number of amides is 2. The van der Waals surface area contributed by atoms with Crippen LogP contribution in [0.3, 0.4) is 0 Å². The summed E-state index contributed by atoms with van der Waals surface area (Å²) in [6, 6.07) is 3.37. The molecule has 1 saturated heterocycles. The van der Waals surface area contributed by atoms with Gasteiger partial charge in [-0.3, -0.25) is 14.5 Å². The summed E-state index contributed by atoms with van der Waals surface area (Å²) in [5.74, 6) is -1.21. The van der Waals surface area contributed by atoms with Gasteiger partial charge >= 0.3 is 0 Å². The minimum Gasteiger partial charge on any atom is -0.379 e. The number of carbonyl (C=O) groups excluding carboxylic acids is 2. The fourth-order valence-corrected chi connectivity index (χ4v) is 2.52. The van der Waals surface area contributed by atoms with Crippen LogP contribution >= 0.6 is 0 Å². The van der Waals surface area contributed by atoms with Crippen molar-refractivity contribution in [3.63, 3.8) is 0 Å². The number of benzene rings is 1. The van der Waals surface area contributed by atoms with E-state index in [-0.39, 0.29) is 29.8 Å². The van der Waals surface area contributed by atoms with E-state index in [4.69, 9.17) is 10.5 Å². The van der Waals surface area contributed by atoms with E-state index in [2.05, 4.69) is 15.5 Å². The Bertz CT molecular complexity index is 633. The van der Waals surface area contributed by atoms with Crippen molar-refractivity contribution in [3.05, 3.63) is 24.0 Å². The summed E-state index contributed by atoms with van der Waals surface area (Å²) in [7, 11) is 0. The lowest BCUT2D eigenvalue weighted by Crippen LogP contribution is -2.39. The zero-order valence-electron chi connectivity index (χ0n) is 15.3. The molecule has 2 rings (SSSR count). The highest BCUT2D eigenvalue weighted by Gasteiger charge is 2.18. The van der Waals surface area contributed by atoms with Gasteiger partial charge in [-0.25, -0.2) is 4.39 Å². The number of nitrogens with two attached hydrogens (primary N) is 1. The Morgan fingerprint density at radius 3 is 2.62 bits per heavy atom. The van der Waals surface area contributed by atoms with Gasteiger partial charge in [0.05, 0.1) is 24.9 Å². The maximum absolute atomic E-state index is 14.0. The fourth-order valence-electron chi connectivity index (χ4n) is 2.52. The summed E-state index contributed by atoms with van der Waals surface area (Å²) in [5.41, 5.74) is 6.22. The van der Waals surface area contributed by atoms with Gasteiger partial charge in [0.25, 0.3) is 0 Å². The van der Waals surface area contributed by atoms with E-state index in [9.17, 15) is 14.0 Å². The molecule has 1 heterocycles. The molecule has 0 bridgehead atoms. The molecule has 0 unspecified atom stereocenters. The highest BCUT2D eigenvalue weighted by Crippen LogP contribution is 2.20. The lowest BCUT2D eigenvalue weighted by atomic mass is 10.0. The monoisotopic (exact) mass is 366 g/mol. The Hall–Kier alpha value is -2.03. The van der Waals surface area contributed by atoms with Gasteiger partial charge in [0.15, 0.2) is 0 Å². The molecule has 0 aromatic heterocycles. The van der Waals surface area contributed by atoms with Crippen LogP contribution in [0.5, 0.6) is 0 Å². The van der Waals surface area contributed by atoms with Crippen LogP contribution in [-0.4, -0.2) is 55.6 Å². The third-order valence-electron chi connectivity index (χ3n) is 4.29. The molecular formula is C18H27FN4O3. The first kappa shape index (κ1) is 20.3. The molecule has 4 N–H and O–H groups in total. The second-order valence-corrected chi connectivity index (χ2v) is 6.71. The molecule has 1 atom stereocenters. The van der Waals surface area contributed by atoms with E-state index in [0.717, 1.165) is 13.1 Å². The van der Waals surface area contributed by atoms with Crippen molar-refractivity contribution in [2.45, 2.75) is 26.3 Å². The van der Waals surface area contributed by atoms with Crippen molar-refractivity contribution in [2.24, 2.45) is 11.7 Å². The molecule has 1 fully saturated rings. The largest absolute Gasteiger partial charge is 0.379 e. The summed E-state index contributed by atoms with van der Waals surface area (Å²) in [4.78, 5) is 26.2. The number of rotatable bonds is 7. The standard InChI is InChI=1S/C18H27FN4O3/c1-12(2)17(20)18(25)21-13-3-4-14(19)15(11-13)22-16(24)5-6-23-7-9-26-10-8-23/h3-4,11-12,17H,5-10,20H2,1-2H3,(H,21,25)(H,22,24)/t17-/m0/s1. The summed E-state index contributed by atoms with van der Waals surface area (Å²) < 4.78 is 19.2. The Labute approximate surface area is 153 Å². The second kappa shape index (κ2) is 9.61. The number of anilines is 2. The van der Waals surface area contributed by atoms with Crippen LogP contribution in [0.1, 0.15) is 20.3 Å². The first-order chi connectivity index (χ1) is 12.4. The minimum absolute atomic E-state index is 0.0187. The van der Waals surface area contributed by atoms with Crippen LogP contribution in [0.15, 0.2) is 18.2 Å². The van der Waals surface area contributed by atoms with Crippen molar-refractivity contribution >= 4 is 23.2 Å². The van der Waals surface area contributed by atoms with Gasteiger partial charge in [-0.15, -0.1) is 0 Å². The Balaban J connectivity index is 1.91. The van der Waals surface area contributed by atoms with Crippen molar-refractivity contribution in [3.8, 4) is 0 Å². The number of halogens is 1. The van der Waals surface area contributed by atoms with Gasteiger partial charge < -0.3 is 21.1 Å². The lowest BCUT2D eigenvalue weighted by molar-refractivity contribution is -0.118. The number of ether oxygens (including phenoxy) is 1. The number of hydrogen-bond acceptors (Lipinski definition) is 5. The van der Waals surface area contributed by atoms with Crippen LogP contribution in [-0.2, 0) is 14.3 Å². The van der Waals surface area contributed by atoms with E-state index in [0.29, 0.717) is 25.4 Å². The summed E-state index contributed by atoms with van der Waals surface area (Å²) >= 11 is 0. The average Bonchev–Trinajstić information content (AvgIpc) is 2.62. The summed E-state index contributed by atoms with van der Waals surface area (Å²) in [6.07, 6.45) is 0.258. The Morgan fingerprint density at radius 2 is 1.96 bits per heavy atom. The molecule has 2 amide bonds. The SMILES string of the molecule is CC(C)[C@H](N)C(=O)Nc1ccc(F)c(NC(=O)CCN2CCOCC2)c1. The molecule has 0 saturated carbocycles. The van der Waals surface area contributed by atoms with Crippen LogP contribution in [0.25, 0.3) is 0 Å². The summed E-state index contributed by atoms with van der Waals surface area (Å²) in [5, 5.41) is 5.20. The van der Waals surface area contributed by atoms with E-state index in [1.165, 1.54) is 18.2 Å². The zero-order valence-corrected chi connectivity index (χ0v) is 15.3. The smallest absolute Gasteiger partial charge is 0.241 e. The van der Waals surface area contributed by atoms with Crippen molar-refractivity contribution in [1.29, 1.82) is 0 Å². The van der Waals surface area contributed by atoms with Gasteiger partial charge in [0, 0.05) is 31.7 Å². The third-order valence-corrected chi connectivity index (χ3v) is 4.29. The lowest BCUT2D eigenvalue weighted by Gasteiger charge is -2.26. The second-order valence-electron chi connectivity index (χ2n) is 6.71. The van der Waals surface area contributed by atoms with Gasteiger partial charge in [-0.05, 0) is 24.1 Å². The molecule has 7 nitrogen and oxygen atoms in total. The highest BCUT2D eigenvalue weighted by molar-refractivity contribution is 5.96. The predicted molar refractivity (Wildman–Crippen MR) is 98.3 cm³/mol. The predicted octanol–water partition coefficient (Wildman–Crippen LogP) is 1.41. The van der Waals surface area contributed by atoms with Crippen molar-refractivity contribution in [1.82, 2.24) is 4.90 Å². The van der Waals surface area contributed by atoms with Gasteiger partial charge in [-0.2, -0.15) is 0 Å². The van der Waals surface area contributed by atoms with Gasteiger partial charge in [0.1, 0.15) is 5.82 Å². The minimum atomic E-state index is -0.661. The molecule has 0 spiro atoms. The maximum atomic E-state index is 14.0. The van der Waals surface area contributed by atoms with E-state index in [1.54, 1.807) is 0 Å². The maximum Gasteiger partial charge on any atom is 0.241 e. The number of hydrogen-bond donors (Lipinski definition) is 3. The molecule has 1 aliphatic rings. The third kappa shape index (κ3) is 6.05. The zero-order chi connectivity index (χ0) is 19.1. The number of carbonyl (C=O) groups is 2. The number of nitrogens with zero attached hydrogens (tertiary/aromatic N) is 1. The molecule has 1 aromatic rings. The molecule has 0 aliphatic carbocycles. The molecule has 144 valence electrons. The topological polar surface area (TPSA) is 96.7 Å². The Kier molecular flexibility index (Phi) is 7.50. The summed E-state index contributed by atoms with van der Waals surface area (Å²) in [6.45, 7) is 7.19. The van der Waals surface area contributed by atoms with Crippen LogP contribution < -0.4 is 16.4 Å². The first-order valence-corrected chi connectivity index (χ1v) is 8.82. The molecule has 26 heavy (non-hydrogen) atoms. The van der Waals surface area contributed by atoms with Gasteiger partial charge in [0.2, 0.25) is 11.8 Å². The Morgan fingerprint density at radius 1 is 1.27 bits per heavy atom. The fraction of sp³-hybridized carbons (Fsp3) is 0.556.